The number of carbonyl (C=O) groups is 1. The summed E-state index contributed by atoms with van der Waals surface area (Å²) in [5.74, 6) is 1.14. The van der Waals surface area contributed by atoms with Crippen LogP contribution in [0.5, 0.6) is 11.5 Å². The van der Waals surface area contributed by atoms with Gasteiger partial charge in [0.15, 0.2) is 11.5 Å². The Morgan fingerprint density at radius 3 is 2.56 bits per heavy atom. The number of rotatable bonds is 6. The second-order valence-corrected chi connectivity index (χ2v) is 3.65. The molecule has 0 saturated heterocycles. The highest BCUT2D eigenvalue weighted by Crippen LogP contribution is 2.27. The molecule has 0 aliphatic rings. The maximum Gasteiger partial charge on any atom is 0.302 e. The van der Waals surface area contributed by atoms with Gasteiger partial charge in [-0.15, -0.1) is 0 Å². The van der Waals surface area contributed by atoms with E-state index in [-0.39, 0.29) is 5.97 Å². The molecular weight excluding hydrogens is 232 g/mol. The highest BCUT2D eigenvalue weighted by molar-refractivity contribution is 5.65. The topological polar surface area (TPSA) is 44.8 Å². The summed E-state index contributed by atoms with van der Waals surface area (Å²) in [6.07, 6.45) is 4.59. The molecule has 0 fully saturated rings. The maximum absolute atomic E-state index is 10.6. The van der Waals surface area contributed by atoms with Crippen LogP contribution in [0, 0.1) is 0 Å². The molecule has 0 saturated carbocycles. The highest BCUT2D eigenvalue weighted by atomic mass is 16.5. The van der Waals surface area contributed by atoms with E-state index < -0.39 is 0 Å². The van der Waals surface area contributed by atoms with E-state index >= 15 is 0 Å². The number of benzene rings is 1. The van der Waals surface area contributed by atoms with E-state index in [4.69, 9.17) is 14.2 Å². The Hall–Kier alpha value is -1.97. The zero-order valence-corrected chi connectivity index (χ0v) is 10.9. The van der Waals surface area contributed by atoms with Crippen molar-refractivity contribution in [2.24, 2.45) is 0 Å². The lowest BCUT2D eigenvalue weighted by molar-refractivity contribution is -0.140. The molecule has 0 bridgehead atoms. The van der Waals surface area contributed by atoms with Gasteiger partial charge in [0.2, 0.25) is 0 Å². The predicted octanol–water partition coefficient (Wildman–Crippen LogP) is 2.67. The minimum atomic E-state index is -0.255. The Balaban J connectivity index is 2.56. The Morgan fingerprint density at radius 1 is 1.22 bits per heavy atom. The van der Waals surface area contributed by atoms with Gasteiger partial charge in [0.1, 0.15) is 0 Å². The van der Waals surface area contributed by atoms with E-state index in [0.29, 0.717) is 24.5 Å². The summed E-state index contributed by atoms with van der Waals surface area (Å²) in [7, 11) is 3.21. The summed E-state index contributed by atoms with van der Waals surface area (Å²) < 4.78 is 15.2. The second-order valence-electron chi connectivity index (χ2n) is 3.65. The van der Waals surface area contributed by atoms with Crippen LogP contribution < -0.4 is 9.47 Å². The first kappa shape index (κ1) is 14.1. The molecule has 1 rings (SSSR count). The van der Waals surface area contributed by atoms with E-state index in [0.717, 1.165) is 5.56 Å². The summed E-state index contributed by atoms with van der Waals surface area (Å²) in [6, 6.07) is 5.68. The average Bonchev–Trinajstić information content (AvgIpc) is 2.37. The summed E-state index contributed by atoms with van der Waals surface area (Å²) in [6.45, 7) is 1.80. The van der Waals surface area contributed by atoms with Crippen molar-refractivity contribution in [1.29, 1.82) is 0 Å². The summed E-state index contributed by atoms with van der Waals surface area (Å²) in [5, 5.41) is 0. The lowest BCUT2D eigenvalue weighted by Gasteiger charge is -2.07. The molecule has 0 amide bonds. The Morgan fingerprint density at radius 2 is 1.94 bits per heavy atom. The third kappa shape index (κ3) is 4.49. The minimum absolute atomic E-state index is 0.255. The van der Waals surface area contributed by atoms with E-state index in [9.17, 15) is 4.79 Å². The van der Waals surface area contributed by atoms with Crippen LogP contribution in [0.4, 0.5) is 0 Å². The molecule has 0 radical (unpaired) electrons. The number of ether oxygens (including phenoxy) is 3. The van der Waals surface area contributed by atoms with Gasteiger partial charge in [-0.1, -0.05) is 18.2 Å². The van der Waals surface area contributed by atoms with Gasteiger partial charge >= 0.3 is 5.97 Å². The molecule has 4 heteroatoms. The van der Waals surface area contributed by atoms with Crippen LogP contribution in [0.2, 0.25) is 0 Å². The first-order valence-corrected chi connectivity index (χ1v) is 5.69. The summed E-state index contributed by atoms with van der Waals surface area (Å²) >= 11 is 0. The van der Waals surface area contributed by atoms with Crippen molar-refractivity contribution < 1.29 is 19.0 Å². The fourth-order valence-corrected chi connectivity index (χ4v) is 1.45. The molecule has 1 aromatic rings. The second kappa shape index (κ2) is 7.37. The fourth-order valence-electron chi connectivity index (χ4n) is 1.45. The zero-order valence-electron chi connectivity index (χ0n) is 10.9. The Bertz CT molecular complexity index is 424. The Labute approximate surface area is 107 Å². The summed E-state index contributed by atoms with van der Waals surface area (Å²) in [4.78, 5) is 10.6. The number of carbonyl (C=O) groups excluding carboxylic acids is 1. The molecule has 18 heavy (non-hydrogen) atoms. The number of methoxy groups -OCH3 is 2. The van der Waals surface area contributed by atoms with Crippen LogP contribution in [-0.4, -0.2) is 26.8 Å². The lowest BCUT2D eigenvalue weighted by atomic mass is 10.2. The SMILES string of the molecule is COc1ccc(C=CCCOC(C)=O)cc1OC. The molecule has 0 aliphatic heterocycles. The van der Waals surface area contributed by atoms with Gasteiger partial charge in [-0.05, 0) is 24.1 Å². The van der Waals surface area contributed by atoms with Crippen molar-refractivity contribution in [3.8, 4) is 11.5 Å². The van der Waals surface area contributed by atoms with Gasteiger partial charge in [-0.25, -0.2) is 0 Å². The molecule has 1 aromatic carbocycles. The number of hydrogen-bond donors (Lipinski definition) is 0. The molecular formula is C14H18O4. The smallest absolute Gasteiger partial charge is 0.302 e. The lowest BCUT2D eigenvalue weighted by Crippen LogP contribution is -1.98. The first-order valence-electron chi connectivity index (χ1n) is 5.69. The zero-order chi connectivity index (χ0) is 13.4. The van der Waals surface area contributed by atoms with Crippen molar-refractivity contribution in [1.82, 2.24) is 0 Å². The van der Waals surface area contributed by atoms with Gasteiger partial charge in [-0.2, -0.15) is 0 Å². The minimum Gasteiger partial charge on any atom is -0.493 e. The van der Waals surface area contributed by atoms with Crippen LogP contribution in [0.1, 0.15) is 18.9 Å². The molecule has 0 spiro atoms. The van der Waals surface area contributed by atoms with Crippen molar-refractivity contribution in [3.63, 3.8) is 0 Å². The van der Waals surface area contributed by atoms with Crippen LogP contribution in [0.15, 0.2) is 24.3 Å². The molecule has 0 atom stereocenters. The van der Waals surface area contributed by atoms with E-state index in [1.807, 2.05) is 30.4 Å². The van der Waals surface area contributed by atoms with Gasteiger partial charge in [0.25, 0.3) is 0 Å². The van der Waals surface area contributed by atoms with Crippen LogP contribution >= 0.6 is 0 Å². The molecule has 0 unspecified atom stereocenters. The molecule has 0 aliphatic carbocycles. The quantitative estimate of drug-likeness (QED) is 0.575. The van der Waals surface area contributed by atoms with E-state index in [2.05, 4.69) is 0 Å². The van der Waals surface area contributed by atoms with Gasteiger partial charge in [0.05, 0.1) is 20.8 Å². The molecule has 4 nitrogen and oxygen atoms in total. The third-order valence-corrected chi connectivity index (χ3v) is 2.31. The highest BCUT2D eigenvalue weighted by Gasteiger charge is 2.02. The largest absolute Gasteiger partial charge is 0.493 e. The monoisotopic (exact) mass is 250 g/mol. The van der Waals surface area contributed by atoms with Crippen molar-refractivity contribution in [2.75, 3.05) is 20.8 Å². The van der Waals surface area contributed by atoms with Crippen molar-refractivity contribution in [3.05, 3.63) is 29.8 Å². The molecule has 98 valence electrons. The van der Waals surface area contributed by atoms with Crippen molar-refractivity contribution in [2.45, 2.75) is 13.3 Å². The summed E-state index contributed by atoms with van der Waals surface area (Å²) in [5.41, 5.74) is 1.01. The van der Waals surface area contributed by atoms with E-state index in [1.54, 1.807) is 14.2 Å². The average molecular weight is 250 g/mol. The van der Waals surface area contributed by atoms with Gasteiger partial charge < -0.3 is 14.2 Å². The predicted molar refractivity (Wildman–Crippen MR) is 69.8 cm³/mol. The van der Waals surface area contributed by atoms with Crippen molar-refractivity contribution >= 4 is 12.0 Å². The van der Waals surface area contributed by atoms with Crippen LogP contribution in [-0.2, 0) is 9.53 Å². The van der Waals surface area contributed by atoms with E-state index in [1.165, 1.54) is 6.92 Å². The molecule has 0 heterocycles. The Kier molecular flexibility index (Phi) is 5.77. The maximum atomic E-state index is 10.6. The number of hydrogen-bond acceptors (Lipinski definition) is 4. The number of esters is 1. The van der Waals surface area contributed by atoms with Crippen LogP contribution in [0.3, 0.4) is 0 Å². The normalized spacial score (nSPS) is 10.4. The first-order chi connectivity index (χ1) is 8.67. The fraction of sp³-hybridized carbons (Fsp3) is 0.357. The van der Waals surface area contributed by atoms with Crippen LogP contribution in [0.25, 0.3) is 6.08 Å². The molecule has 0 N–H and O–H groups in total. The molecule has 0 aromatic heterocycles. The third-order valence-electron chi connectivity index (χ3n) is 2.31. The standard InChI is InChI=1S/C14H18O4/c1-11(15)18-9-5-4-6-12-7-8-13(16-2)14(10-12)17-3/h4,6-8,10H,5,9H2,1-3H3. The van der Waals surface area contributed by atoms with Gasteiger partial charge in [-0.3, -0.25) is 4.79 Å². The van der Waals surface area contributed by atoms with Gasteiger partial charge in [0, 0.05) is 6.92 Å².